The molecule has 1 heterocycles. The van der Waals surface area contributed by atoms with Crippen molar-refractivity contribution in [2.24, 2.45) is 0 Å². The molecule has 94 valence electrons. The molecule has 1 N–H and O–H groups in total. The van der Waals surface area contributed by atoms with Gasteiger partial charge in [-0.25, -0.2) is 0 Å². The minimum absolute atomic E-state index is 0.00968. The summed E-state index contributed by atoms with van der Waals surface area (Å²) in [4.78, 5) is 24.3. The Morgan fingerprint density at radius 3 is 2.67 bits per heavy atom. The van der Waals surface area contributed by atoms with Crippen molar-refractivity contribution in [3.05, 3.63) is 43.2 Å². The van der Waals surface area contributed by atoms with Crippen molar-refractivity contribution in [2.75, 3.05) is 7.11 Å². The van der Waals surface area contributed by atoms with E-state index >= 15 is 0 Å². The van der Waals surface area contributed by atoms with Crippen LogP contribution in [0.5, 0.6) is 5.75 Å². The van der Waals surface area contributed by atoms with Crippen LogP contribution in [0.2, 0.25) is 5.02 Å². The summed E-state index contributed by atoms with van der Waals surface area (Å²) in [7, 11) is 1.37. The van der Waals surface area contributed by atoms with Crippen LogP contribution in [-0.4, -0.2) is 17.0 Å². The number of nitrogens with one attached hydrogen (secondary N) is 1. The summed E-state index contributed by atoms with van der Waals surface area (Å²) >= 11 is 6.00. The molecule has 0 aliphatic carbocycles. The maximum absolute atomic E-state index is 11.4. The molecular weight excluding hydrogens is 260 g/mol. The van der Waals surface area contributed by atoms with E-state index in [1.54, 1.807) is 6.92 Å². The lowest BCUT2D eigenvalue weighted by Crippen LogP contribution is -2.07. The van der Waals surface area contributed by atoms with Crippen LogP contribution in [0.3, 0.4) is 0 Å². The largest absolute Gasteiger partial charge is 0.494 e. The number of aryl methyl sites for hydroxylation is 1. The molecule has 6 nitrogen and oxygen atoms in total. The summed E-state index contributed by atoms with van der Waals surface area (Å²) in [5.41, 5.74) is 0.346. The van der Waals surface area contributed by atoms with Crippen LogP contribution in [0.1, 0.15) is 5.56 Å². The number of nitro groups is 1. The molecule has 0 bridgehead atoms. The summed E-state index contributed by atoms with van der Waals surface area (Å²) in [6, 6.07) is 2.53. The summed E-state index contributed by atoms with van der Waals surface area (Å²) in [6.45, 7) is 1.66. The monoisotopic (exact) mass is 268 g/mol. The molecule has 0 saturated heterocycles. The number of ether oxygens (including phenoxy) is 1. The molecule has 2 aromatic rings. The Kier molecular flexibility index (Phi) is 2.96. The second-order valence-electron chi connectivity index (χ2n) is 3.74. The highest BCUT2D eigenvalue weighted by Gasteiger charge is 2.21. The summed E-state index contributed by atoms with van der Waals surface area (Å²) in [5.74, 6) is 0.210. The number of nitrogens with zero attached hydrogens (tertiary/aromatic N) is 1. The summed E-state index contributed by atoms with van der Waals surface area (Å²) in [6.07, 6.45) is 0. The third kappa shape index (κ3) is 1.80. The molecule has 0 aliphatic rings. The van der Waals surface area contributed by atoms with E-state index in [1.807, 2.05) is 0 Å². The highest BCUT2D eigenvalue weighted by molar-refractivity contribution is 6.38. The lowest BCUT2D eigenvalue weighted by molar-refractivity contribution is -0.384. The van der Waals surface area contributed by atoms with Crippen LogP contribution in [0.4, 0.5) is 5.69 Å². The molecule has 2 rings (SSSR count). The van der Waals surface area contributed by atoms with Crippen LogP contribution in [-0.2, 0) is 0 Å². The lowest BCUT2D eigenvalue weighted by Gasteiger charge is -2.09. The van der Waals surface area contributed by atoms with E-state index < -0.39 is 4.92 Å². The average molecular weight is 269 g/mol. The number of rotatable bonds is 2. The Morgan fingerprint density at radius 2 is 2.11 bits per heavy atom. The molecular formula is C11H9ClN2O4. The minimum Gasteiger partial charge on any atom is -0.494 e. The average Bonchev–Trinajstić information content (AvgIpc) is 2.27. The highest BCUT2D eigenvalue weighted by atomic mass is 35.5. The van der Waals surface area contributed by atoms with Crippen LogP contribution < -0.4 is 10.3 Å². The van der Waals surface area contributed by atoms with Gasteiger partial charge in [0.05, 0.1) is 23.6 Å². The van der Waals surface area contributed by atoms with E-state index in [-0.39, 0.29) is 22.0 Å². The fourth-order valence-electron chi connectivity index (χ4n) is 1.84. The molecule has 0 radical (unpaired) electrons. The molecule has 0 aliphatic heterocycles. The first kappa shape index (κ1) is 12.4. The van der Waals surface area contributed by atoms with Gasteiger partial charge in [-0.15, -0.1) is 0 Å². The number of methoxy groups -OCH3 is 1. The van der Waals surface area contributed by atoms with Gasteiger partial charge in [0.25, 0.3) is 5.69 Å². The van der Waals surface area contributed by atoms with Gasteiger partial charge < -0.3 is 9.72 Å². The molecule has 0 amide bonds. The first-order valence-electron chi connectivity index (χ1n) is 5.00. The van der Waals surface area contributed by atoms with E-state index in [4.69, 9.17) is 16.3 Å². The zero-order valence-corrected chi connectivity index (χ0v) is 10.4. The first-order chi connectivity index (χ1) is 8.45. The zero-order valence-electron chi connectivity index (χ0n) is 9.61. The second kappa shape index (κ2) is 4.30. The topological polar surface area (TPSA) is 85.2 Å². The molecule has 0 atom stereocenters. The molecule has 0 saturated carbocycles. The Balaban J connectivity index is 3.03. The first-order valence-corrected chi connectivity index (χ1v) is 5.38. The van der Waals surface area contributed by atoms with Gasteiger partial charge in [0, 0.05) is 11.5 Å². The van der Waals surface area contributed by atoms with Gasteiger partial charge in [-0.2, -0.15) is 0 Å². The Hall–Kier alpha value is -2.08. The van der Waals surface area contributed by atoms with Gasteiger partial charge in [0.15, 0.2) is 0 Å². The molecule has 7 heteroatoms. The molecule has 1 aromatic heterocycles. The quantitative estimate of drug-likeness (QED) is 0.669. The molecule has 0 fully saturated rings. The molecule has 1 aromatic carbocycles. The third-order valence-electron chi connectivity index (χ3n) is 2.62. The zero-order chi connectivity index (χ0) is 13.4. The summed E-state index contributed by atoms with van der Waals surface area (Å²) in [5, 5.41) is 11.3. The smallest absolute Gasteiger partial charge is 0.292 e. The van der Waals surface area contributed by atoms with E-state index in [2.05, 4.69) is 4.98 Å². The van der Waals surface area contributed by atoms with Crippen molar-refractivity contribution in [3.8, 4) is 5.75 Å². The molecule has 0 unspecified atom stereocenters. The molecule has 0 spiro atoms. The van der Waals surface area contributed by atoms with Gasteiger partial charge in [-0.05, 0) is 12.5 Å². The third-order valence-corrected chi connectivity index (χ3v) is 3.00. The predicted octanol–water partition coefficient (Wildman–Crippen LogP) is 2.41. The number of pyridine rings is 1. The maximum Gasteiger partial charge on any atom is 0.292 e. The van der Waals surface area contributed by atoms with Crippen LogP contribution in [0, 0.1) is 17.0 Å². The minimum atomic E-state index is -0.588. The summed E-state index contributed by atoms with van der Waals surface area (Å²) < 4.78 is 5.05. The maximum atomic E-state index is 11.4. The second-order valence-corrected chi connectivity index (χ2v) is 4.11. The van der Waals surface area contributed by atoms with Gasteiger partial charge in [-0.1, -0.05) is 11.6 Å². The number of hydrogen-bond acceptors (Lipinski definition) is 4. The standard InChI is InChI=1S/C11H9ClN2O4/c1-5-3-8(15)13-11-7(18-2)4-6(14(16)17)10(12)9(5)11/h3-4H,1-2H3,(H,13,15). The van der Waals surface area contributed by atoms with Gasteiger partial charge >= 0.3 is 0 Å². The number of H-pyrrole nitrogens is 1. The predicted molar refractivity (Wildman–Crippen MR) is 67.5 cm³/mol. The van der Waals surface area contributed by atoms with Crippen molar-refractivity contribution in [3.63, 3.8) is 0 Å². The van der Waals surface area contributed by atoms with E-state index in [9.17, 15) is 14.9 Å². The van der Waals surface area contributed by atoms with Gasteiger partial charge in [-0.3, -0.25) is 14.9 Å². The SMILES string of the molecule is COc1cc([N+](=O)[O-])c(Cl)c2c(C)cc(=O)[nH]c12. The van der Waals surface area contributed by atoms with E-state index in [0.29, 0.717) is 16.5 Å². The number of aromatic amines is 1. The van der Waals surface area contributed by atoms with Crippen molar-refractivity contribution in [1.29, 1.82) is 0 Å². The van der Waals surface area contributed by atoms with Gasteiger partial charge in [0.1, 0.15) is 10.8 Å². The number of benzene rings is 1. The Bertz CT molecular complexity index is 708. The van der Waals surface area contributed by atoms with Crippen molar-refractivity contribution in [1.82, 2.24) is 4.98 Å². The van der Waals surface area contributed by atoms with Crippen LogP contribution in [0.25, 0.3) is 10.9 Å². The number of nitro benzene ring substituents is 1. The van der Waals surface area contributed by atoms with Gasteiger partial charge in [0.2, 0.25) is 5.56 Å². The Morgan fingerprint density at radius 1 is 1.44 bits per heavy atom. The highest BCUT2D eigenvalue weighted by Crippen LogP contribution is 2.38. The van der Waals surface area contributed by atoms with Crippen molar-refractivity contribution < 1.29 is 9.66 Å². The number of hydrogen-bond donors (Lipinski definition) is 1. The van der Waals surface area contributed by atoms with E-state index in [0.717, 1.165) is 0 Å². The van der Waals surface area contributed by atoms with Crippen LogP contribution in [0.15, 0.2) is 16.9 Å². The fraction of sp³-hybridized carbons (Fsp3) is 0.182. The van der Waals surface area contributed by atoms with E-state index in [1.165, 1.54) is 19.2 Å². The van der Waals surface area contributed by atoms with Crippen LogP contribution >= 0.6 is 11.6 Å². The van der Waals surface area contributed by atoms with Crippen molar-refractivity contribution >= 4 is 28.2 Å². The normalized spacial score (nSPS) is 10.6. The number of halogens is 1. The fourth-order valence-corrected chi connectivity index (χ4v) is 2.20. The molecule has 18 heavy (non-hydrogen) atoms. The van der Waals surface area contributed by atoms with Crippen molar-refractivity contribution in [2.45, 2.75) is 6.92 Å². The Labute approximate surface area is 106 Å². The number of fused-ring (bicyclic) bond motifs is 1. The lowest BCUT2D eigenvalue weighted by atomic mass is 10.1. The number of aromatic nitrogens is 1.